The monoisotopic (exact) mass is 264 g/mol. The Labute approximate surface area is 94.0 Å². The van der Waals surface area contributed by atoms with Gasteiger partial charge >= 0.3 is 0 Å². The van der Waals surface area contributed by atoms with Gasteiger partial charge in [-0.25, -0.2) is 8.78 Å². The van der Waals surface area contributed by atoms with Gasteiger partial charge in [-0.1, -0.05) is 0 Å². The molecule has 0 rings (SSSR count). The first-order valence-corrected chi connectivity index (χ1v) is 6.27. The molecule has 0 unspecified atom stereocenters. The maximum atomic E-state index is 12.0. The Kier molecular flexibility index (Phi) is 6.58. The lowest BCUT2D eigenvalue weighted by atomic mass is 10.5. The molecule has 0 aromatic rings. The van der Waals surface area contributed by atoms with Gasteiger partial charge in [-0.15, -0.1) is 11.6 Å². The van der Waals surface area contributed by atoms with Crippen molar-refractivity contribution >= 4 is 21.8 Å². The second kappa shape index (κ2) is 6.57. The Balaban J connectivity index is 4.38. The number of alkyl halides is 3. The third-order valence-corrected chi connectivity index (χ3v) is 3.96. The van der Waals surface area contributed by atoms with Crippen LogP contribution in [-0.4, -0.2) is 56.5 Å². The summed E-state index contributed by atoms with van der Waals surface area (Å²) >= 11 is 5.40. The van der Waals surface area contributed by atoms with E-state index in [9.17, 15) is 17.2 Å². The molecule has 0 heterocycles. The number of rotatable bonds is 7. The fourth-order valence-corrected chi connectivity index (χ4v) is 2.18. The molecule has 0 saturated carbocycles. The summed E-state index contributed by atoms with van der Waals surface area (Å²) in [5.74, 6) is 0.332. The highest BCUT2D eigenvalue weighted by molar-refractivity contribution is 7.86. The van der Waals surface area contributed by atoms with E-state index in [4.69, 9.17) is 11.6 Å². The summed E-state index contributed by atoms with van der Waals surface area (Å²) < 4.78 is 48.7. The SMILES string of the molecule is CN(CCCCl)S(=O)(=O)N(C)CC(F)F. The lowest BCUT2D eigenvalue weighted by molar-refractivity contribution is 0.124. The predicted molar refractivity (Wildman–Crippen MR) is 55.5 cm³/mol. The summed E-state index contributed by atoms with van der Waals surface area (Å²) in [6.07, 6.45) is -2.19. The normalized spacial score (nSPS) is 13.1. The average molecular weight is 265 g/mol. The molecule has 92 valence electrons. The number of nitrogens with zero attached hydrogens (tertiary/aromatic N) is 2. The van der Waals surface area contributed by atoms with Gasteiger partial charge in [0.2, 0.25) is 0 Å². The van der Waals surface area contributed by atoms with Crippen LogP contribution in [-0.2, 0) is 10.2 Å². The fraction of sp³-hybridized carbons (Fsp3) is 1.00. The van der Waals surface area contributed by atoms with Gasteiger partial charge in [0.25, 0.3) is 16.6 Å². The van der Waals surface area contributed by atoms with Crippen molar-refractivity contribution in [1.29, 1.82) is 0 Å². The zero-order valence-corrected chi connectivity index (χ0v) is 10.2. The van der Waals surface area contributed by atoms with Gasteiger partial charge in [0.15, 0.2) is 0 Å². The second-order valence-corrected chi connectivity index (χ2v) is 5.56. The van der Waals surface area contributed by atoms with Gasteiger partial charge in [0.05, 0.1) is 6.54 Å². The Morgan fingerprint density at radius 1 is 1.27 bits per heavy atom. The van der Waals surface area contributed by atoms with E-state index in [1.165, 1.54) is 7.05 Å². The first kappa shape index (κ1) is 15.0. The van der Waals surface area contributed by atoms with E-state index in [0.29, 0.717) is 16.6 Å². The Morgan fingerprint density at radius 2 is 1.80 bits per heavy atom. The zero-order valence-electron chi connectivity index (χ0n) is 8.66. The van der Waals surface area contributed by atoms with E-state index in [-0.39, 0.29) is 6.54 Å². The summed E-state index contributed by atoms with van der Waals surface area (Å²) in [5, 5.41) is 0. The van der Waals surface area contributed by atoms with Crippen LogP contribution in [0.4, 0.5) is 8.78 Å². The molecule has 0 radical (unpaired) electrons. The molecule has 0 saturated heterocycles. The lowest BCUT2D eigenvalue weighted by Crippen LogP contribution is -2.42. The van der Waals surface area contributed by atoms with Gasteiger partial charge in [-0.3, -0.25) is 0 Å². The fourth-order valence-electron chi connectivity index (χ4n) is 0.924. The highest BCUT2D eigenvalue weighted by Crippen LogP contribution is 2.07. The van der Waals surface area contributed by atoms with Gasteiger partial charge in [0, 0.05) is 26.5 Å². The molecule has 0 aliphatic rings. The molecule has 0 aromatic carbocycles. The van der Waals surface area contributed by atoms with Crippen molar-refractivity contribution in [3.63, 3.8) is 0 Å². The summed E-state index contributed by atoms with van der Waals surface area (Å²) in [4.78, 5) is 0. The highest BCUT2D eigenvalue weighted by Gasteiger charge is 2.25. The van der Waals surface area contributed by atoms with Crippen LogP contribution in [0.15, 0.2) is 0 Å². The second-order valence-electron chi connectivity index (χ2n) is 3.04. The van der Waals surface area contributed by atoms with Crippen LogP contribution < -0.4 is 0 Å². The molecule has 0 bridgehead atoms. The topological polar surface area (TPSA) is 40.6 Å². The van der Waals surface area contributed by atoms with Crippen LogP contribution in [0.3, 0.4) is 0 Å². The van der Waals surface area contributed by atoms with Crippen LogP contribution in [0.25, 0.3) is 0 Å². The van der Waals surface area contributed by atoms with Crippen molar-refractivity contribution in [2.24, 2.45) is 0 Å². The molecule has 4 nitrogen and oxygen atoms in total. The van der Waals surface area contributed by atoms with Crippen LogP contribution in [0.5, 0.6) is 0 Å². The van der Waals surface area contributed by atoms with E-state index in [1.807, 2.05) is 0 Å². The third-order valence-electron chi connectivity index (χ3n) is 1.79. The molecule has 0 spiro atoms. The predicted octanol–water partition coefficient (Wildman–Crippen LogP) is 0.989. The van der Waals surface area contributed by atoms with Crippen molar-refractivity contribution in [3.8, 4) is 0 Å². The third kappa shape index (κ3) is 5.05. The Hall–Kier alpha value is 0.0200. The minimum Gasteiger partial charge on any atom is -0.209 e. The molecule has 8 heteroatoms. The van der Waals surface area contributed by atoms with Crippen molar-refractivity contribution in [3.05, 3.63) is 0 Å². The molecular formula is C7H15ClF2N2O2S. The lowest BCUT2D eigenvalue weighted by Gasteiger charge is -2.23. The van der Waals surface area contributed by atoms with Gasteiger partial charge in [-0.05, 0) is 6.42 Å². The number of hydrogen-bond acceptors (Lipinski definition) is 2. The largest absolute Gasteiger partial charge is 0.281 e. The Morgan fingerprint density at radius 3 is 2.20 bits per heavy atom. The molecule has 0 fully saturated rings. The summed E-state index contributed by atoms with van der Waals surface area (Å²) in [6, 6.07) is 0. The first-order valence-electron chi connectivity index (χ1n) is 4.34. The minimum atomic E-state index is -3.78. The van der Waals surface area contributed by atoms with E-state index in [2.05, 4.69) is 0 Å². The zero-order chi connectivity index (χ0) is 12.1. The smallest absolute Gasteiger partial charge is 0.209 e. The van der Waals surface area contributed by atoms with Gasteiger partial charge < -0.3 is 0 Å². The van der Waals surface area contributed by atoms with Crippen LogP contribution in [0.2, 0.25) is 0 Å². The summed E-state index contributed by atoms with van der Waals surface area (Å²) in [6.45, 7) is -0.576. The molecule has 0 aromatic heterocycles. The van der Waals surface area contributed by atoms with Crippen molar-refractivity contribution < 1.29 is 17.2 Å². The summed E-state index contributed by atoms with van der Waals surface area (Å²) in [7, 11) is -1.32. The van der Waals surface area contributed by atoms with Gasteiger partial charge in [-0.2, -0.15) is 17.0 Å². The first-order chi connectivity index (χ1) is 6.82. The highest BCUT2D eigenvalue weighted by atomic mass is 35.5. The van der Waals surface area contributed by atoms with Crippen LogP contribution in [0, 0.1) is 0 Å². The molecule has 0 aliphatic carbocycles. The van der Waals surface area contributed by atoms with E-state index < -0.39 is 23.2 Å². The average Bonchev–Trinajstić information content (AvgIpc) is 2.12. The molecule has 15 heavy (non-hydrogen) atoms. The Bertz CT molecular complexity index is 274. The van der Waals surface area contributed by atoms with Crippen LogP contribution >= 0.6 is 11.6 Å². The van der Waals surface area contributed by atoms with Gasteiger partial charge in [0.1, 0.15) is 0 Å². The molecule has 0 amide bonds. The maximum Gasteiger partial charge on any atom is 0.281 e. The standard InChI is InChI=1S/C7H15ClF2N2O2S/c1-11(5-3-4-8)15(13,14)12(2)6-7(9)10/h7H,3-6H2,1-2H3. The molecule has 0 aliphatic heterocycles. The summed E-state index contributed by atoms with van der Waals surface area (Å²) in [5.41, 5.74) is 0. The van der Waals surface area contributed by atoms with Crippen LogP contribution in [0.1, 0.15) is 6.42 Å². The quantitative estimate of drug-likeness (QED) is 0.644. The minimum absolute atomic E-state index is 0.222. The van der Waals surface area contributed by atoms with E-state index in [0.717, 1.165) is 11.4 Å². The van der Waals surface area contributed by atoms with Crippen molar-refractivity contribution in [2.75, 3.05) is 33.1 Å². The van der Waals surface area contributed by atoms with Crippen molar-refractivity contribution in [1.82, 2.24) is 8.61 Å². The molecule has 0 atom stereocenters. The van der Waals surface area contributed by atoms with E-state index >= 15 is 0 Å². The van der Waals surface area contributed by atoms with E-state index in [1.54, 1.807) is 0 Å². The maximum absolute atomic E-state index is 12.0. The number of halogens is 3. The van der Waals surface area contributed by atoms with Crippen molar-refractivity contribution in [2.45, 2.75) is 12.8 Å². The molecular weight excluding hydrogens is 250 g/mol. The molecule has 0 N–H and O–H groups in total. The number of hydrogen-bond donors (Lipinski definition) is 0.